The number of fused-ring (bicyclic) bond motifs is 1. The van der Waals surface area contributed by atoms with Crippen molar-refractivity contribution >= 4 is 37.5 Å². The van der Waals surface area contributed by atoms with Gasteiger partial charge in [-0.3, -0.25) is 10.1 Å². The quantitative estimate of drug-likeness (QED) is 0.230. The molecule has 1 N–H and O–H groups in total. The van der Waals surface area contributed by atoms with E-state index in [1.165, 1.54) is 17.1 Å². The topological polar surface area (TPSA) is 94.2 Å². The van der Waals surface area contributed by atoms with Crippen LogP contribution in [0.15, 0.2) is 55.3 Å². The summed E-state index contributed by atoms with van der Waals surface area (Å²) in [5.74, 6) is -1.05. The first-order valence-electron chi connectivity index (χ1n) is 11.2. The van der Waals surface area contributed by atoms with E-state index in [2.05, 4.69) is 38.1 Å². The summed E-state index contributed by atoms with van der Waals surface area (Å²) in [4.78, 5) is 39.6. The molecule has 0 radical (unpaired) electrons. The molecule has 1 aromatic rings. The van der Waals surface area contributed by atoms with E-state index in [0.29, 0.717) is 23.2 Å². The zero-order valence-corrected chi connectivity index (χ0v) is 21.1. The van der Waals surface area contributed by atoms with Gasteiger partial charge in [-0.1, -0.05) is 37.4 Å². The molecule has 8 nitrogen and oxygen atoms in total. The molecule has 0 spiro atoms. The summed E-state index contributed by atoms with van der Waals surface area (Å²) in [5, 5.41) is 2.66. The summed E-state index contributed by atoms with van der Waals surface area (Å²) in [7, 11) is -1.85. The molecule has 1 saturated heterocycles. The first-order valence-corrected chi connectivity index (χ1v) is 14.7. The first-order chi connectivity index (χ1) is 16.1. The van der Waals surface area contributed by atoms with Crippen molar-refractivity contribution < 1.29 is 28.3 Å². The van der Waals surface area contributed by atoms with Gasteiger partial charge < -0.3 is 18.8 Å². The van der Waals surface area contributed by atoms with E-state index in [1.807, 2.05) is 13.0 Å². The van der Waals surface area contributed by atoms with Gasteiger partial charge in [0.2, 0.25) is 5.91 Å². The van der Waals surface area contributed by atoms with E-state index in [4.69, 9.17) is 13.9 Å². The fourth-order valence-corrected chi connectivity index (χ4v) is 5.67. The zero-order chi connectivity index (χ0) is 25.0. The summed E-state index contributed by atoms with van der Waals surface area (Å²) >= 11 is 0. The van der Waals surface area contributed by atoms with Crippen LogP contribution in [0.2, 0.25) is 19.6 Å². The fraction of sp³-hybridized carbons (Fsp3) is 0.400. The normalized spacial score (nSPS) is 20.2. The van der Waals surface area contributed by atoms with Crippen LogP contribution < -0.4 is 5.32 Å². The van der Waals surface area contributed by atoms with Crippen LogP contribution in [-0.2, 0) is 23.5 Å². The standard InChI is InChI=1S/C25H32N2O6Si/c1-7-12-31-24(29)22-19(17-10-9-11-18(14-17)26-25(30)32-13-8-2)15-20-21(23(28)27(20)22)16(3)33-34(4,5)6/h7-11,14,16,20-21H,1-2,12-13,15H2,3-6H3,(H,26,30)/t16-,20-,21-/m1/s1. The Kier molecular flexibility index (Phi) is 7.78. The summed E-state index contributed by atoms with van der Waals surface area (Å²) < 4.78 is 16.5. The van der Waals surface area contributed by atoms with Crippen LogP contribution in [0.4, 0.5) is 10.5 Å². The average Bonchev–Trinajstić information content (AvgIpc) is 3.10. The number of hydrogen-bond donors (Lipinski definition) is 1. The molecule has 2 aliphatic rings. The van der Waals surface area contributed by atoms with Crippen LogP contribution in [0.1, 0.15) is 18.9 Å². The number of ether oxygens (including phenoxy) is 2. The second-order valence-electron chi connectivity index (χ2n) is 9.25. The smallest absolute Gasteiger partial charge is 0.411 e. The number of rotatable bonds is 10. The number of benzene rings is 1. The van der Waals surface area contributed by atoms with Crippen molar-refractivity contribution in [2.24, 2.45) is 5.92 Å². The van der Waals surface area contributed by atoms with E-state index in [-0.39, 0.29) is 42.9 Å². The molecule has 2 heterocycles. The van der Waals surface area contributed by atoms with E-state index < -0.39 is 20.4 Å². The predicted molar refractivity (Wildman–Crippen MR) is 132 cm³/mol. The number of β-lactam (4-membered cyclic amide) rings is 1. The molecule has 3 rings (SSSR count). The lowest BCUT2D eigenvalue weighted by Crippen LogP contribution is -2.63. The first kappa shape index (κ1) is 25.4. The molecule has 1 fully saturated rings. The number of esters is 1. The van der Waals surface area contributed by atoms with Gasteiger partial charge in [0.25, 0.3) is 0 Å². The predicted octanol–water partition coefficient (Wildman–Crippen LogP) is 4.33. The number of amides is 2. The Morgan fingerprint density at radius 1 is 1.21 bits per heavy atom. The average molecular weight is 485 g/mol. The lowest BCUT2D eigenvalue weighted by molar-refractivity contribution is -0.161. The van der Waals surface area contributed by atoms with Crippen molar-refractivity contribution in [3.8, 4) is 0 Å². The minimum atomic E-state index is -1.85. The van der Waals surface area contributed by atoms with E-state index in [1.54, 1.807) is 18.2 Å². The molecule has 0 saturated carbocycles. The fourth-order valence-electron chi connectivity index (χ4n) is 4.41. The van der Waals surface area contributed by atoms with Gasteiger partial charge in [-0.05, 0) is 56.3 Å². The van der Waals surface area contributed by atoms with Gasteiger partial charge in [0.05, 0.1) is 18.1 Å². The lowest BCUT2D eigenvalue weighted by Gasteiger charge is -2.47. The van der Waals surface area contributed by atoms with E-state index in [9.17, 15) is 14.4 Å². The number of anilines is 1. The van der Waals surface area contributed by atoms with Crippen molar-refractivity contribution in [2.75, 3.05) is 18.5 Å². The zero-order valence-electron chi connectivity index (χ0n) is 20.1. The van der Waals surface area contributed by atoms with Gasteiger partial charge in [-0.25, -0.2) is 9.59 Å². The van der Waals surface area contributed by atoms with Crippen LogP contribution >= 0.6 is 0 Å². The molecule has 0 aromatic heterocycles. The highest BCUT2D eigenvalue weighted by molar-refractivity contribution is 6.69. The number of hydrogen-bond acceptors (Lipinski definition) is 6. The van der Waals surface area contributed by atoms with Gasteiger partial charge in [-0.15, -0.1) is 0 Å². The molecule has 34 heavy (non-hydrogen) atoms. The van der Waals surface area contributed by atoms with Crippen molar-refractivity contribution in [1.82, 2.24) is 4.90 Å². The second-order valence-corrected chi connectivity index (χ2v) is 13.7. The molecule has 2 aliphatic heterocycles. The number of carbonyl (C=O) groups is 3. The highest BCUT2D eigenvalue weighted by Gasteiger charge is 2.57. The number of nitrogens with one attached hydrogen (secondary N) is 1. The minimum absolute atomic E-state index is 0.0393. The monoisotopic (exact) mass is 484 g/mol. The third-order valence-corrected chi connectivity index (χ3v) is 6.65. The largest absolute Gasteiger partial charge is 0.457 e. The van der Waals surface area contributed by atoms with E-state index in [0.717, 1.165) is 0 Å². The van der Waals surface area contributed by atoms with Crippen molar-refractivity contribution in [3.63, 3.8) is 0 Å². The maximum absolute atomic E-state index is 13.2. The molecule has 1 aromatic carbocycles. The molecule has 3 atom stereocenters. The Morgan fingerprint density at radius 2 is 1.88 bits per heavy atom. The summed E-state index contributed by atoms with van der Waals surface area (Å²) in [5.41, 5.74) is 2.15. The van der Waals surface area contributed by atoms with E-state index >= 15 is 0 Å². The Morgan fingerprint density at radius 3 is 2.53 bits per heavy atom. The highest BCUT2D eigenvalue weighted by Crippen LogP contribution is 2.48. The van der Waals surface area contributed by atoms with Gasteiger partial charge in [0, 0.05) is 5.69 Å². The number of carbonyl (C=O) groups excluding carboxylic acids is 3. The molecule has 0 bridgehead atoms. The third kappa shape index (κ3) is 5.48. The second kappa shape index (κ2) is 10.4. The van der Waals surface area contributed by atoms with Gasteiger partial charge >= 0.3 is 12.1 Å². The van der Waals surface area contributed by atoms with Gasteiger partial charge in [0.15, 0.2) is 8.32 Å². The van der Waals surface area contributed by atoms with Crippen LogP contribution in [0, 0.1) is 5.92 Å². The summed E-state index contributed by atoms with van der Waals surface area (Å²) in [6.07, 6.45) is 2.58. The Balaban J connectivity index is 1.91. The lowest BCUT2D eigenvalue weighted by atomic mass is 9.82. The van der Waals surface area contributed by atoms with Crippen LogP contribution in [0.5, 0.6) is 0 Å². The van der Waals surface area contributed by atoms with Gasteiger partial charge in [0.1, 0.15) is 18.9 Å². The molecule has 0 aliphatic carbocycles. The van der Waals surface area contributed by atoms with Crippen molar-refractivity contribution in [2.45, 2.75) is 45.1 Å². The molecule has 0 unspecified atom stereocenters. The maximum atomic E-state index is 13.2. The Bertz CT molecular complexity index is 1030. The van der Waals surface area contributed by atoms with Crippen molar-refractivity contribution in [1.29, 1.82) is 0 Å². The van der Waals surface area contributed by atoms with Crippen LogP contribution in [-0.4, -0.2) is 56.5 Å². The molecule has 182 valence electrons. The van der Waals surface area contributed by atoms with Crippen LogP contribution in [0.25, 0.3) is 5.57 Å². The maximum Gasteiger partial charge on any atom is 0.411 e. The van der Waals surface area contributed by atoms with Crippen molar-refractivity contribution in [3.05, 3.63) is 60.8 Å². The molecular formula is C25H32N2O6Si. The molecule has 9 heteroatoms. The van der Waals surface area contributed by atoms with Gasteiger partial charge in [-0.2, -0.15) is 0 Å². The Labute approximate surface area is 201 Å². The highest BCUT2D eigenvalue weighted by atomic mass is 28.4. The molecular weight excluding hydrogens is 452 g/mol. The minimum Gasteiger partial charge on any atom is -0.457 e. The third-order valence-electron chi connectivity index (χ3n) is 5.57. The molecule has 2 amide bonds. The number of nitrogens with zero attached hydrogens (tertiary/aromatic N) is 1. The van der Waals surface area contributed by atoms with Crippen LogP contribution in [0.3, 0.4) is 0 Å². The summed E-state index contributed by atoms with van der Waals surface area (Å²) in [6, 6.07) is 6.89. The summed E-state index contributed by atoms with van der Waals surface area (Å²) in [6.45, 7) is 15.4. The SMILES string of the molecule is C=CCOC(=O)Nc1cccc(C2=C(C(=O)OCC=C)N3C(=O)[C@H]([C@@H](C)O[Si](C)(C)C)[C@H]3C2)c1. The Hall–Kier alpha value is -3.17.